The maximum absolute atomic E-state index is 5.42. The summed E-state index contributed by atoms with van der Waals surface area (Å²) >= 11 is 0. The van der Waals surface area contributed by atoms with E-state index in [-0.39, 0.29) is 0 Å². The van der Waals surface area contributed by atoms with Gasteiger partial charge in [0.25, 0.3) is 5.89 Å². The highest BCUT2D eigenvalue weighted by molar-refractivity contribution is 5.57. The van der Waals surface area contributed by atoms with Crippen molar-refractivity contribution in [2.75, 3.05) is 0 Å². The lowest BCUT2D eigenvalue weighted by molar-refractivity contribution is 0.337. The second-order valence-electron chi connectivity index (χ2n) is 7.62. The topological polar surface area (TPSA) is 76.7 Å². The van der Waals surface area contributed by atoms with Crippen LogP contribution in [0.1, 0.15) is 44.4 Å². The van der Waals surface area contributed by atoms with Gasteiger partial charge in [0.2, 0.25) is 5.82 Å². The molecule has 1 aliphatic rings. The molecule has 0 aliphatic heterocycles. The fourth-order valence-electron chi connectivity index (χ4n) is 3.12. The van der Waals surface area contributed by atoms with E-state index in [0.29, 0.717) is 29.4 Å². The van der Waals surface area contributed by atoms with Crippen LogP contribution in [0.2, 0.25) is 0 Å². The zero-order valence-corrected chi connectivity index (χ0v) is 15.9. The molecule has 3 aromatic rings. The van der Waals surface area contributed by atoms with Crippen molar-refractivity contribution in [3.8, 4) is 23.0 Å². The van der Waals surface area contributed by atoms with Crippen molar-refractivity contribution in [2.24, 2.45) is 5.92 Å². The van der Waals surface area contributed by atoms with E-state index in [2.05, 4.69) is 51.4 Å². The lowest BCUT2D eigenvalue weighted by Crippen LogP contribution is -2.34. The maximum atomic E-state index is 5.42. The summed E-state index contributed by atoms with van der Waals surface area (Å²) in [5.41, 5.74) is 3.77. The van der Waals surface area contributed by atoms with Gasteiger partial charge >= 0.3 is 0 Å². The minimum Gasteiger partial charge on any atom is -0.334 e. The third-order valence-corrected chi connectivity index (χ3v) is 4.88. The minimum absolute atomic E-state index is 0.460. The molecule has 0 amide bonds. The molecule has 0 bridgehead atoms. The Morgan fingerprint density at radius 1 is 1.11 bits per heavy atom. The van der Waals surface area contributed by atoms with E-state index in [0.717, 1.165) is 24.2 Å². The molecule has 1 aliphatic carbocycles. The third-order valence-electron chi connectivity index (χ3n) is 4.88. The molecule has 140 valence electrons. The lowest BCUT2D eigenvalue weighted by Gasteiger charge is -2.26. The fraction of sp³-hybridized carbons (Fsp3) is 0.429. The predicted octanol–water partition coefficient (Wildman–Crippen LogP) is 4.03. The molecule has 4 rings (SSSR count). The largest absolute Gasteiger partial charge is 0.334 e. The number of rotatable bonds is 7. The van der Waals surface area contributed by atoms with Gasteiger partial charge in [0.05, 0.1) is 18.1 Å². The monoisotopic (exact) mass is 363 g/mol. The highest BCUT2D eigenvalue weighted by Gasteiger charge is 2.17. The van der Waals surface area contributed by atoms with Crippen LogP contribution in [-0.4, -0.2) is 26.2 Å². The molecule has 6 heteroatoms. The summed E-state index contributed by atoms with van der Waals surface area (Å²) in [6.07, 6.45) is 8.39. The van der Waals surface area contributed by atoms with Crippen molar-refractivity contribution in [3.05, 3.63) is 47.9 Å². The van der Waals surface area contributed by atoms with Gasteiger partial charge in [-0.2, -0.15) is 4.98 Å². The number of hydrogen-bond acceptors (Lipinski definition) is 6. The first kappa shape index (κ1) is 17.8. The summed E-state index contributed by atoms with van der Waals surface area (Å²) in [6.45, 7) is 5.18. The van der Waals surface area contributed by atoms with Gasteiger partial charge in [-0.05, 0) is 42.9 Å². The summed E-state index contributed by atoms with van der Waals surface area (Å²) in [7, 11) is 0. The van der Waals surface area contributed by atoms with Crippen LogP contribution in [0.5, 0.6) is 0 Å². The molecule has 0 atom stereocenters. The quantitative estimate of drug-likeness (QED) is 0.683. The molecule has 27 heavy (non-hydrogen) atoms. The van der Waals surface area contributed by atoms with Crippen molar-refractivity contribution in [2.45, 2.75) is 52.1 Å². The Labute approximate surface area is 159 Å². The Balaban J connectivity index is 1.42. The number of hydrogen-bond donors (Lipinski definition) is 1. The summed E-state index contributed by atoms with van der Waals surface area (Å²) < 4.78 is 5.42. The first-order valence-electron chi connectivity index (χ1n) is 9.65. The van der Waals surface area contributed by atoms with E-state index in [1.165, 1.54) is 24.8 Å². The number of aromatic nitrogens is 4. The van der Waals surface area contributed by atoms with Gasteiger partial charge in [-0.1, -0.05) is 37.6 Å². The highest BCUT2D eigenvalue weighted by atomic mass is 16.5. The predicted molar refractivity (Wildman–Crippen MR) is 104 cm³/mol. The van der Waals surface area contributed by atoms with Gasteiger partial charge < -0.3 is 9.84 Å². The average molecular weight is 363 g/mol. The molecule has 0 saturated heterocycles. The van der Waals surface area contributed by atoms with E-state index < -0.39 is 0 Å². The van der Waals surface area contributed by atoms with E-state index in [4.69, 9.17) is 4.52 Å². The van der Waals surface area contributed by atoms with E-state index in [1.54, 1.807) is 12.4 Å². The Morgan fingerprint density at radius 2 is 1.93 bits per heavy atom. The molecular formula is C21H25N5O. The number of benzene rings is 1. The van der Waals surface area contributed by atoms with E-state index in [9.17, 15) is 0 Å². The Kier molecular flexibility index (Phi) is 5.25. The Morgan fingerprint density at radius 3 is 2.56 bits per heavy atom. The molecular weight excluding hydrogens is 338 g/mol. The van der Waals surface area contributed by atoms with E-state index >= 15 is 0 Å². The highest BCUT2D eigenvalue weighted by Crippen LogP contribution is 2.22. The second kappa shape index (κ2) is 7.96. The molecule has 1 aromatic carbocycles. The van der Waals surface area contributed by atoms with Gasteiger partial charge in [0.1, 0.15) is 5.69 Å². The number of nitrogens with one attached hydrogen (secondary N) is 1. The number of nitrogens with zero attached hydrogens (tertiary/aromatic N) is 4. The molecule has 0 unspecified atom stereocenters. The van der Waals surface area contributed by atoms with Crippen molar-refractivity contribution >= 4 is 0 Å². The Bertz CT molecular complexity index is 866. The fourth-order valence-corrected chi connectivity index (χ4v) is 3.12. The summed E-state index contributed by atoms with van der Waals surface area (Å²) in [5, 5.41) is 7.54. The molecule has 0 radical (unpaired) electrons. The molecule has 6 nitrogen and oxygen atoms in total. The third kappa shape index (κ3) is 4.39. The van der Waals surface area contributed by atoms with Gasteiger partial charge in [-0.25, -0.2) is 4.98 Å². The lowest BCUT2D eigenvalue weighted by atomic mass is 9.93. The SMILES string of the molecule is CC(C)Cc1ccc(-c2nc(-c3cnc(CNC4CCC4)cn3)no2)cc1. The van der Waals surface area contributed by atoms with Crippen LogP contribution < -0.4 is 5.32 Å². The first-order chi connectivity index (χ1) is 13.2. The van der Waals surface area contributed by atoms with Crippen LogP contribution in [0, 0.1) is 5.92 Å². The van der Waals surface area contributed by atoms with E-state index in [1.807, 2.05) is 12.1 Å². The van der Waals surface area contributed by atoms with Crippen molar-refractivity contribution in [3.63, 3.8) is 0 Å². The molecule has 0 spiro atoms. The molecule has 1 fully saturated rings. The Hall–Kier alpha value is -2.60. The standard InChI is InChI=1S/C21H25N5O/c1-14(2)10-15-6-8-16(9-7-15)21-25-20(26-27-21)19-13-23-18(12-24-19)11-22-17-4-3-5-17/h6-9,12-14,17,22H,3-5,10-11H2,1-2H3. The van der Waals surface area contributed by atoms with Gasteiger partial charge in [0.15, 0.2) is 0 Å². The van der Waals surface area contributed by atoms with Gasteiger partial charge in [-0.15, -0.1) is 0 Å². The van der Waals surface area contributed by atoms with Gasteiger partial charge in [0, 0.05) is 18.2 Å². The molecule has 2 heterocycles. The second-order valence-corrected chi connectivity index (χ2v) is 7.62. The van der Waals surface area contributed by atoms with Crippen LogP contribution in [0.4, 0.5) is 0 Å². The summed E-state index contributed by atoms with van der Waals surface area (Å²) in [6, 6.07) is 8.91. The van der Waals surface area contributed by atoms with Gasteiger partial charge in [-0.3, -0.25) is 4.98 Å². The van der Waals surface area contributed by atoms with Crippen molar-refractivity contribution in [1.29, 1.82) is 0 Å². The maximum Gasteiger partial charge on any atom is 0.258 e. The van der Waals surface area contributed by atoms with Crippen LogP contribution in [0.3, 0.4) is 0 Å². The summed E-state index contributed by atoms with van der Waals surface area (Å²) in [4.78, 5) is 13.4. The molecule has 1 N–H and O–H groups in total. The van der Waals surface area contributed by atoms with Crippen LogP contribution in [0.25, 0.3) is 23.0 Å². The van der Waals surface area contributed by atoms with Crippen molar-refractivity contribution in [1.82, 2.24) is 25.4 Å². The first-order valence-corrected chi connectivity index (χ1v) is 9.65. The smallest absolute Gasteiger partial charge is 0.258 e. The normalized spacial score (nSPS) is 14.5. The van der Waals surface area contributed by atoms with Crippen LogP contribution >= 0.6 is 0 Å². The zero-order chi connectivity index (χ0) is 18.6. The minimum atomic E-state index is 0.460. The zero-order valence-electron chi connectivity index (χ0n) is 15.9. The summed E-state index contributed by atoms with van der Waals surface area (Å²) in [5.74, 6) is 1.59. The average Bonchev–Trinajstić information content (AvgIpc) is 3.11. The van der Waals surface area contributed by atoms with Crippen LogP contribution in [0.15, 0.2) is 41.2 Å². The molecule has 1 saturated carbocycles. The van der Waals surface area contributed by atoms with Crippen molar-refractivity contribution < 1.29 is 4.52 Å². The van der Waals surface area contributed by atoms with Crippen LogP contribution in [-0.2, 0) is 13.0 Å². The molecule has 2 aromatic heterocycles.